The van der Waals surface area contributed by atoms with Crippen molar-refractivity contribution in [3.8, 4) is 0 Å². The maximum atomic E-state index is 10.4. The van der Waals surface area contributed by atoms with Crippen molar-refractivity contribution in [2.75, 3.05) is 5.73 Å². The van der Waals surface area contributed by atoms with E-state index in [1.807, 2.05) is 4.98 Å². The van der Waals surface area contributed by atoms with Gasteiger partial charge in [0.15, 0.2) is 0 Å². The minimum Gasteiger partial charge on any atom is -0.393 e. The third kappa shape index (κ3) is 2.02. The van der Waals surface area contributed by atoms with E-state index in [1.165, 1.54) is 0 Å². The molecule has 0 aliphatic heterocycles. The van der Waals surface area contributed by atoms with Crippen LogP contribution in [0.5, 0.6) is 0 Å². The summed E-state index contributed by atoms with van der Waals surface area (Å²) in [6, 6.07) is 0. The van der Waals surface area contributed by atoms with Crippen LogP contribution in [0.3, 0.4) is 0 Å². The van der Waals surface area contributed by atoms with Gasteiger partial charge in [0.25, 0.3) is 5.56 Å². The van der Waals surface area contributed by atoms with Gasteiger partial charge in [0.05, 0.1) is 0 Å². The van der Waals surface area contributed by atoms with E-state index in [-0.39, 0.29) is 35.2 Å². The summed E-state index contributed by atoms with van der Waals surface area (Å²) in [5, 5.41) is 0. The maximum absolute atomic E-state index is 10.4. The zero-order valence-electron chi connectivity index (χ0n) is 5.47. The smallest absolute Gasteiger partial charge is 0.325 e. The number of nitrogens with two attached hydrogens (primary N) is 1. The molecule has 0 amide bonds. The molecule has 1 aromatic heterocycles. The minimum absolute atomic E-state index is 0. The average Bonchev–Trinajstić information content (AvgIpc) is 1.80. The van der Waals surface area contributed by atoms with Crippen LogP contribution in [0, 0.1) is 0 Å². The standard InChI is InChI=1S/C4H5N3O2.Na/c5-2-1-6-4(9)7-3(2)8;/h1H,5H2,(H2,6,7,8,9);. The van der Waals surface area contributed by atoms with Gasteiger partial charge in [-0.15, -0.1) is 0 Å². The van der Waals surface area contributed by atoms with Gasteiger partial charge in [0, 0.05) is 35.8 Å². The molecule has 49 valence electrons. The Hall–Kier alpha value is -0.520. The van der Waals surface area contributed by atoms with E-state index >= 15 is 0 Å². The Kier molecular flexibility index (Phi) is 3.41. The molecule has 6 heteroatoms. The summed E-state index contributed by atoms with van der Waals surface area (Å²) in [4.78, 5) is 24.9. The summed E-state index contributed by atoms with van der Waals surface area (Å²) in [6.45, 7) is 0. The van der Waals surface area contributed by atoms with Crippen LogP contribution in [0.4, 0.5) is 5.69 Å². The molecule has 0 aliphatic rings. The van der Waals surface area contributed by atoms with Crippen molar-refractivity contribution in [3.05, 3.63) is 27.0 Å². The van der Waals surface area contributed by atoms with E-state index in [9.17, 15) is 9.59 Å². The molecular weight excluding hydrogens is 145 g/mol. The van der Waals surface area contributed by atoms with Crippen LogP contribution in [0.1, 0.15) is 0 Å². The molecule has 4 N–H and O–H groups in total. The van der Waals surface area contributed by atoms with E-state index in [4.69, 9.17) is 5.73 Å². The van der Waals surface area contributed by atoms with Gasteiger partial charge in [-0.2, -0.15) is 0 Å². The second kappa shape index (κ2) is 3.60. The molecule has 0 spiro atoms. The van der Waals surface area contributed by atoms with Crippen molar-refractivity contribution in [2.45, 2.75) is 0 Å². The van der Waals surface area contributed by atoms with Crippen LogP contribution < -0.4 is 17.0 Å². The van der Waals surface area contributed by atoms with E-state index in [0.717, 1.165) is 6.20 Å². The van der Waals surface area contributed by atoms with Gasteiger partial charge in [0.2, 0.25) is 0 Å². The van der Waals surface area contributed by atoms with Crippen LogP contribution in [-0.2, 0) is 0 Å². The molecule has 1 heterocycles. The van der Waals surface area contributed by atoms with Crippen molar-refractivity contribution in [1.29, 1.82) is 0 Å². The summed E-state index contributed by atoms with van der Waals surface area (Å²) in [6.07, 6.45) is 1.15. The molecule has 0 aromatic carbocycles. The number of aromatic amines is 2. The number of nitrogen functional groups attached to an aromatic ring is 1. The Morgan fingerprint density at radius 2 is 2.00 bits per heavy atom. The molecule has 0 bridgehead atoms. The molecule has 10 heavy (non-hydrogen) atoms. The molecule has 0 aliphatic carbocycles. The zero-order valence-corrected chi connectivity index (χ0v) is 7.47. The molecular formula is C4H5N3NaO2. The fourth-order valence-electron chi connectivity index (χ4n) is 0.420. The predicted molar refractivity (Wildman–Crippen MR) is 37.8 cm³/mol. The number of H-pyrrole nitrogens is 2. The predicted octanol–water partition coefficient (Wildman–Crippen LogP) is -1.74. The van der Waals surface area contributed by atoms with Crippen molar-refractivity contribution < 1.29 is 0 Å². The van der Waals surface area contributed by atoms with Crippen molar-refractivity contribution in [3.63, 3.8) is 0 Å². The molecule has 5 nitrogen and oxygen atoms in total. The zero-order chi connectivity index (χ0) is 6.85. The van der Waals surface area contributed by atoms with Gasteiger partial charge in [0.1, 0.15) is 5.69 Å². The van der Waals surface area contributed by atoms with Crippen LogP contribution in [0.15, 0.2) is 15.8 Å². The topological polar surface area (TPSA) is 91.7 Å². The average molecular weight is 150 g/mol. The van der Waals surface area contributed by atoms with Gasteiger partial charge in [-0.25, -0.2) is 4.79 Å². The van der Waals surface area contributed by atoms with Crippen LogP contribution >= 0.6 is 0 Å². The summed E-state index contributed by atoms with van der Waals surface area (Å²) in [5.41, 5.74) is 3.98. The maximum Gasteiger partial charge on any atom is 0.325 e. The van der Waals surface area contributed by atoms with Crippen molar-refractivity contribution in [2.24, 2.45) is 0 Å². The Labute approximate surface area is 77.9 Å². The summed E-state index contributed by atoms with van der Waals surface area (Å²) in [5.74, 6) is 0. The SMILES string of the molecule is Nc1c[nH]c(=O)[nH]c1=O.[Na]. The second-order valence-electron chi connectivity index (χ2n) is 1.53. The summed E-state index contributed by atoms with van der Waals surface area (Å²) >= 11 is 0. The molecule has 0 atom stereocenters. The number of nitrogens with one attached hydrogen (secondary N) is 2. The first-order valence-electron chi connectivity index (χ1n) is 2.27. The molecule has 0 fully saturated rings. The summed E-state index contributed by atoms with van der Waals surface area (Å²) in [7, 11) is 0. The second-order valence-corrected chi connectivity index (χ2v) is 1.53. The third-order valence-electron chi connectivity index (χ3n) is 0.848. The molecule has 1 rings (SSSR count). The van der Waals surface area contributed by atoms with Gasteiger partial charge >= 0.3 is 5.69 Å². The molecule has 1 radical (unpaired) electrons. The van der Waals surface area contributed by atoms with Crippen molar-refractivity contribution >= 4 is 35.2 Å². The van der Waals surface area contributed by atoms with Crippen molar-refractivity contribution in [1.82, 2.24) is 9.97 Å². The third-order valence-corrected chi connectivity index (χ3v) is 0.848. The Balaban J connectivity index is 0.000000810. The Morgan fingerprint density at radius 1 is 1.40 bits per heavy atom. The monoisotopic (exact) mass is 150 g/mol. The quantitative estimate of drug-likeness (QED) is 0.383. The summed E-state index contributed by atoms with van der Waals surface area (Å²) < 4.78 is 0. The van der Waals surface area contributed by atoms with E-state index in [1.54, 1.807) is 0 Å². The fourth-order valence-corrected chi connectivity index (χ4v) is 0.420. The number of hydrogen-bond donors (Lipinski definition) is 3. The first-order chi connectivity index (χ1) is 4.20. The van der Waals surface area contributed by atoms with E-state index in [0.29, 0.717) is 0 Å². The molecule has 1 aromatic rings. The van der Waals surface area contributed by atoms with E-state index in [2.05, 4.69) is 4.98 Å². The largest absolute Gasteiger partial charge is 0.393 e. The first-order valence-corrected chi connectivity index (χ1v) is 2.27. The Morgan fingerprint density at radius 3 is 2.40 bits per heavy atom. The van der Waals surface area contributed by atoms with Crippen LogP contribution in [-0.4, -0.2) is 39.5 Å². The fraction of sp³-hybridized carbons (Fsp3) is 0. The number of aromatic nitrogens is 2. The number of hydrogen-bond acceptors (Lipinski definition) is 3. The van der Waals surface area contributed by atoms with Gasteiger partial charge in [-0.1, -0.05) is 0 Å². The normalized spacial score (nSPS) is 8.40. The van der Waals surface area contributed by atoms with Crippen LogP contribution in [0.25, 0.3) is 0 Å². The van der Waals surface area contributed by atoms with E-state index < -0.39 is 11.2 Å². The minimum atomic E-state index is -0.557. The first kappa shape index (κ1) is 9.48. The van der Waals surface area contributed by atoms with Crippen LogP contribution in [0.2, 0.25) is 0 Å². The molecule has 0 saturated carbocycles. The van der Waals surface area contributed by atoms with Gasteiger partial charge < -0.3 is 10.7 Å². The Bertz CT molecular complexity index is 315. The number of rotatable bonds is 0. The molecule has 0 unspecified atom stereocenters. The van der Waals surface area contributed by atoms with Gasteiger partial charge in [-0.3, -0.25) is 9.78 Å². The number of anilines is 1. The molecule has 0 saturated heterocycles. The van der Waals surface area contributed by atoms with Gasteiger partial charge in [-0.05, 0) is 0 Å².